The van der Waals surface area contributed by atoms with Gasteiger partial charge < -0.3 is 10.1 Å². The summed E-state index contributed by atoms with van der Waals surface area (Å²) in [4.78, 5) is 0.333. The molecule has 0 aromatic heterocycles. The standard InChI is InChI=1S/C14H22N2O3S/c1-11(13-7-5-9-19-13)16-20(17,18)14-8-4-3-6-12(14)10-15-2/h3-4,6,8,11,13,15-16H,5,7,9-10H2,1-2H3. The van der Waals surface area contributed by atoms with E-state index in [-0.39, 0.29) is 12.1 Å². The van der Waals surface area contributed by atoms with E-state index in [1.54, 1.807) is 19.2 Å². The molecule has 2 rings (SSSR count). The summed E-state index contributed by atoms with van der Waals surface area (Å²) in [5.41, 5.74) is 0.766. The largest absolute Gasteiger partial charge is 0.377 e. The molecule has 2 unspecified atom stereocenters. The fourth-order valence-corrected chi connectivity index (χ4v) is 3.99. The number of hydrogen-bond donors (Lipinski definition) is 2. The van der Waals surface area contributed by atoms with Crippen LogP contribution in [0.2, 0.25) is 0 Å². The molecule has 1 aliphatic heterocycles. The van der Waals surface area contributed by atoms with Crippen molar-refractivity contribution in [2.24, 2.45) is 0 Å². The first-order chi connectivity index (χ1) is 9.54. The Hall–Kier alpha value is -0.950. The van der Waals surface area contributed by atoms with Crippen molar-refractivity contribution in [3.63, 3.8) is 0 Å². The number of sulfonamides is 1. The van der Waals surface area contributed by atoms with Crippen molar-refractivity contribution in [2.45, 2.75) is 43.4 Å². The van der Waals surface area contributed by atoms with Gasteiger partial charge in [0.2, 0.25) is 10.0 Å². The molecular weight excluding hydrogens is 276 g/mol. The minimum atomic E-state index is -3.52. The first-order valence-electron chi connectivity index (χ1n) is 6.91. The van der Waals surface area contributed by atoms with Gasteiger partial charge in [0.1, 0.15) is 0 Å². The highest BCUT2D eigenvalue weighted by molar-refractivity contribution is 7.89. The molecule has 2 N–H and O–H groups in total. The molecule has 1 aromatic carbocycles. The highest BCUT2D eigenvalue weighted by Gasteiger charge is 2.27. The Morgan fingerprint density at radius 3 is 2.80 bits per heavy atom. The van der Waals surface area contributed by atoms with E-state index in [0.717, 1.165) is 18.4 Å². The Morgan fingerprint density at radius 1 is 1.40 bits per heavy atom. The Morgan fingerprint density at radius 2 is 2.15 bits per heavy atom. The highest BCUT2D eigenvalue weighted by atomic mass is 32.2. The van der Waals surface area contributed by atoms with E-state index in [1.165, 1.54) is 0 Å². The van der Waals surface area contributed by atoms with E-state index >= 15 is 0 Å². The molecule has 0 saturated carbocycles. The maximum absolute atomic E-state index is 12.5. The van der Waals surface area contributed by atoms with E-state index in [0.29, 0.717) is 18.0 Å². The van der Waals surface area contributed by atoms with Crippen LogP contribution in [0.4, 0.5) is 0 Å². The molecule has 1 fully saturated rings. The van der Waals surface area contributed by atoms with Gasteiger partial charge in [-0.1, -0.05) is 18.2 Å². The molecule has 0 amide bonds. The number of ether oxygens (including phenoxy) is 1. The van der Waals surface area contributed by atoms with Gasteiger partial charge in [-0.05, 0) is 38.4 Å². The molecule has 0 spiro atoms. The van der Waals surface area contributed by atoms with Crippen molar-refractivity contribution in [3.8, 4) is 0 Å². The predicted molar refractivity (Wildman–Crippen MR) is 78.0 cm³/mol. The van der Waals surface area contributed by atoms with E-state index in [2.05, 4.69) is 10.0 Å². The van der Waals surface area contributed by atoms with Gasteiger partial charge in [-0.25, -0.2) is 13.1 Å². The van der Waals surface area contributed by atoms with Crippen LogP contribution in [0.5, 0.6) is 0 Å². The summed E-state index contributed by atoms with van der Waals surface area (Å²) in [6, 6.07) is 6.82. The fraction of sp³-hybridized carbons (Fsp3) is 0.571. The second-order valence-electron chi connectivity index (χ2n) is 5.10. The Bertz CT molecular complexity index is 539. The molecule has 0 aliphatic carbocycles. The third kappa shape index (κ3) is 3.58. The average molecular weight is 298 g/mol. The topological polar surface area (TPSA) is 67.4 Å². The molecule has 20 heavy (non-hydrogen) atoms. The van der Waals surface area contributed by atoms with Gasteiger partial charge in [0.15, 0.2) is 0 Å². The van der Waals surface area contributed by atoms with Crippen LogP contribution in [0, 0.1) is 0 Å². The first-order valence-corrected chi connectivity index (χ1v) is 8.39. The van der Waals surface area contributed by atoms with Crippen molar-refractivity contribution >= 4 is 10.0 Å². The summed E-state index contributed by atoms with van der Waals surface area (Å²) >= 11 is 0. The van der Waals surface area contributed by atoms with Crippen LogP contribution in [0.1, 0.15) is 25.3 Å². The van der Waals surface area contributed by atoms with Crippen molar-refractivity contribution in [3.05, 3.63) is 29.8 Å². The SMILES string of the molecule is CNCc1ccccc1S(=O)(=O)NC(C)C1CCCO1. The normalized spacial score (nSPS) is 21.0. The molecular formula is C14H22N2O3S. The zero-order valence-corrected chi connectivity index (χ0v) is 12.7. The molecule has 5 nitrogen and oxygen atoms in total. The lowest BCUT2D eigenvalue weighted by molar-refractivity contribution is 0.0902. The van der Waals surface area contributed by atoms with E-state index in [4.69, 9.17) is 4.74 Å². The van der Waals surface area contributed by atoms with Crippen LogP contribution in [0.15, 0.2) is 29.2 Å². The second-order valence-corrected chi connectivity index (χ2v) is 6.78. The number of rotatable bonds is 6. The number of hydrogen-bond acceptors (Lipinski definition) is 4. The monoisotopic (exact) mass is 298 g/mol. The van der Waals surface area contributed by atoms with Crippen molar-refractivity contribution in [2.75, 3.05) is 13.7 Å². The predicted octanol–water partition coefficient (Wildman–Crippen LogP) is 1.25. The molecule has 1 aliphatic rings. The average Bonchev–Trinajstić information content (AvgIpc) is 2.93. The molecule has 112 valence electrons. The number of nitrogens with one attached hydrogen (secondary N) is 2. The van der Waals surface area contributed by atoms with Crippen LogP contribution in [0.25, 0.3) is 0 Å². The maximum Gasteiger partial charge on any atom is 0.241 e. The van der Waals surface area contributed by atoms with Crippen LogP contribution >= 0.6 is 0 Å². The second kappa shape index (κ2) is 6.67. The Labute approximate surface area is 120 Å². The van der Waals surface area contributed by atoms with Gasteiger partial charge in [0.25, 0.3) is 0 Å². The lowest BCUT2D eigenvalue weighted by Gasteiger charge is -2.21. The third-order valence-electron chi connectivity index (χ3n) is 3.49. The summed E-state index contributed by atoms with van der Waals surface area (Å²) in [6.07, 6.45) is 1.87. The quantitative estimate of drug-likeness (QED) is 0.829. The van der Waals surface area contributed by atoms with Gasteiger partial charge >= 0.3 is 0 Å². The number of benzene rings is 1. The van der Waals surface area contributed by atoms with Gasteiger partial charge in [0, 0.05) is 19.2 Å². The highest BCUT2D eigenvalue weighted by Crippen LogP contribution is 2.19. The van der Waals surface area contributed by atoms with Crippen LogP contribution in [-0.4, -0.2) is 34.2 Å². The summed E-state index contributed by atoms with van der Waals surface area (Å²) < 4.78 is 33.3. The summed E-state index contributed by atoms with van der Waals surface area (Å²) in [7, 11) is -1.72. The van der Waals surface area contributed by atoms with E-state index in [1.807, 2.05) is 19.1 Å². The fourth-order valence-electron chi connectivity index (χ4n) is 2.48. The smallest absolute Gasteiger partial charge is 0.241 e. The maximum atomic E-state index is 12.5. The van der Waals surface area contributed by atoms with Gasteiger partial charge in [-0.3, -0.25) is 0 Å². The van der Waals surface area contributed by atoms with Crippen LogP contribution < -0.4 is 10.0 Å². The minimum Gasteiger partial charge on any atom is -0.377 e. The van der Waals surface area contributed by atoms with Crippen molar-refractivity contribution in [1.82, 2.24) is 10.0 Å². The molecule has 1 aromatic rings. The molecule has 0 bridgehead atoms. The molecule has 2 atom stereocenters. The Balaban J connectivity index is 2.17. The van der Waals surface area contributed by atoms with Crippen molar-refractivity contribution < 1.29 is 13.2 Å². The summed E-state index contributed by atoms with van der Waals surface area (Å²) in [5, 5.41) is 2.99. The van der Waals surface area contributed by atoms with Gasteiger partial charge in [0.05, 0.1) is 11.0 Å². The van der Waals surface area contributed by atoms with Crippen LogP contribution in [0.3, 0.4) is 0 Å². The zero-order valence-electron chi connectivity index (χ0n) is 11.9. The Kier molecular flexibility index (Phi) is 5.15. The first kappa shape index (κ1) is 15.4. The summed E-state index contributed by atoms with van der Waals surface area (Å²) in [6.45, 7) is 3.09. The summed E-state index contributed by atoms with van der Waals surface area (Å²) in [5.74, 6) is 0. The zero-order chi connectivity index (χ0) is 14.6. The molecule has 1 heterocycles. The molecule has 6 heteroatoms. The third-order valence-corrected chi connectivity index (χ3v) is 5.15. The van der Waals surface area contributed by atoms with E-state index < -0.39 is 10.0 Å². The van der Waals surface area contributed by atoms with E-state index in [9.17, 15) is 8.42 Å². The molecule has 1 saturated heterocycles. The van der Waals surface area contributed by atoms with Crippen LogP contribution in [-0.2, 0) is 21.3 Å². The lowest BCUT2D eigenvalue weighted by atomic mass is 10.1. The van der Waals surface area contributed by atoms with Gasteiger partial charge in [-0.15, -0.1) is 0 Å². The lowest BCUT2D eigenvalue weighted by Crippen LogP contribution is -2.41. The van der Waals surface area contributed by atoms with Gasteiger partial charge in [-0.2, -0.15) is 0 Å². The minimum absolute atomic E-state index is 0.0266. The van der Waals surface area contributed by atoms with Crippen molar-refractivity contribution in [1.29, 1.82) is 0 Å². The molecule has 0 radical (unpaired) electrons.